The molecule has 4 rings (SSSR count). The van der Waals surface area contributed by atoms with Gasteiger partial charge in [0.15, 0.2) is 5.82 Å². The number of rotatable bonds is 6. The summed E-state index contributed by atoms with van der Waals surface area (Å²) in [4.78, 5) is 24.2. The van der Waals surface area contributed by atoms with Crippen LogP contribution in [-0.2, 0) is 4.74 Å². The van der Waals surface area contributed by atoms with E-state index in [0.717, 1.165) is 54.0 Å². The van der Waals surface area contributed by atoms with Crippen molar-refractivity contribution in [2.45, 2.75) is 33.6 Å². The Kier molecular flexibility index (Phi) is 6.88. The van der Waals surface area contributed by atoms with Crippen molar-refractivity contribution in [1.82, 2.24) is 15.3 Å². The van der Waals surface area contributed by atoms with Crippen LogP contribution in [0.4, 0.5) is 10.6 Å². The van der Waals surface area contributed by atoms with E-state index in [9.17, 15) is 4.79 Å². The van der Waals surface area contributed by atoms with Crippen LogP contribution < -0.4 is 10.2 Å². The molecule has 2 aromatic carbocycles. The number of alkyl carbamates (subject to hydrolysis) is 1. The van der Waals surface area contributed by atoms with E-state index in [0.29, 0.717) is 25.0 Å². The molecule has 0 saturated carbocycles. The van der Waals surface area contributed by atoms with E-state index in [1.165, 1.54) is 5.56 Å². The zero-order valence-corrected chi connectivity index (χ0v) is 19.2. The zero-order chi connectivity index (χ0) is 22.5. The highest BCUT2D eigenvalue weighted by Crippen LogP contribution is 2.31. The molecule has 1 aromatic heterocycles. The summed E-state index contributed by atoms with van der Waals surface area (Å²) in [7, 11) is 0. The van der Waals surface area contributed by atoms with Crippen molar-refractivity contribution in [2.24, 2.45) is 11.8 Å². The Bertz CT molecular complexity index is 1070. The molecule has 1 N–H and O–H groups in total. The van der Waals surface area contributed by atoms with E-state index < -0.39 is 0 Å². The lowest BCUT2D eigenvalue weighted by Crippen LogP contribution is -2.41. The first kappa shape index (κ1) is 22.1. The predicted molar refractivity (Wildman–Crippen MR) is 129 cm³/mol. The summed E-state index contributed by atoms with van der Waals surface area (Å²) in [5, 5.41) is 4.01. The molecule has 6 heteroatoms. The Morgan fingerprint density at radius 1 is 1.19 bits per heavy atom. The van der Waals surface area contributed by atoms with Crippen LogP contribution in [0, 0.1) is 18.8 Å². The number of amides is 1. The largest absolute Gasteiger partial charge is 0.449 e. The summed E-state index contributed by atoms with van der Waals surface area (Å²) in [5.74, 6) is 2.41. The lowest BCUT2D eigenvalue weighted by molar-refractivity contribution is 0.131. The molecule has 168 valence electrons. The van der Waals surface area contributed by atoms with Crippen molar-refractivity contribution in [3.63, 3.8) is 0 Å². The second kappa shape index (κ2) is 9.98. The average molecular weight is 433 g/mol. The summed E-state index contributed by atoms with van der Waals surface area (Å²) >= 11 is 0. The van der Waals surface area contributed by atoms with Gasteiger partial charge in [-0.2, -0.15) is 0 Å². The van der Waals surface area contributed by atoms with Crippen LogP contribution in [0.25, 0.3) is 22.3 Å². The summed E-state index contributed by atoms with van der Waals surface area (Å²) in [6.45, 7) is 9.00. The Labute approximate surface area is 190 Å². The number of aryl methyl sites for hydroxylation is 1. The molecule has 0 spiro atoms. The summed E-state index contributed by atoms with van der Waals surface area (Å²) in [6, 6.07) is 16.5. The number of hydrogen-bond acceptors (Lipinski definition) is 5. The summed E-state index contributed by atoms with van der Waals surface area (Å²) < 4.78 is 5.26. The standard InChI is InChI=1S/C26H32N4O2/c1-18(2)17-32-26(31)27-15-20-8-7-13-30(16-20)25-22-12-11-19(3)14-23(22)28-24(29-25)21-9-5-4-6-10-21/h4-6,9-12,14,18,20H,7-8,13,15-17H2,1-3H3,(H,27,31)/t20-/m0/s1. The third kappa shape index (κ3) is 5.36. The third-order valence-corrected chi connectivity index (χ3v) is 5.77. The van der Waals surface area contributed by atoms with Crippen molar-refractivity contribution in [3.8, 4) is 11.4 Å². The number of nitrogens with zero attached hydrogens (tertiary/aromatic N) is 3. The maximum Gasteiger partial charge on any atom is 0.407 e. The molecule has 1 amide bonds. The molecule has 1 aliphatic rings. The van der Waals surface area contributed by atoms with E-state index in [1.54, 1.807) is 0 Å². The van der Waals surface area contributed by atoms with E-state index in [4.69, 9.17) is 14.7 Å². The molecule has 0 unspecified atom stereocenters. The quantitative estimate of drug-likeness (QED) is 0.580. The van der Waals surface area contributed by atoms with Gasteiger partial charge in [0.25, 0.3) is 0 Å². The van der Waals surface area contributed by atoms with Gasteiger partial charge in [0.05, 0.1) is 12.1 Å². The number of fused-ring (bicyclic) bond motifs is 1. The van der Waals surface area contributed by atoms with Crippen molar-refractivity contribution in [2.75, 3.05) is 31.1 Å². The number of anilines is 1. The fourth-order valence-electron chi connectivity index (χ4n) is 4.13. The zero-order valence-electron chi connectivity index (χ0n) is 19.2. The summed E-state index contributed by atoms with van der Waals surface area (Å²) in [6.07, 6.45) is 1.81. The molecule has 2 heterocycles. The van der Waals surface area contributed by atoms with E-state index in [-0.39, 0.29) is 6.09 Å². The Balaban J connectivity index is 1.56. The van der Waals surface area contributed by atoms with Gasteiger partial charge in [0, 0.05) is 30.6 Å². The summed E-state index contributed by atoms with van der Waals surface area (Å²) in [5.41, 5.74) is 3.16. The topological polar surface area (TPSA) is 67.4 Å². The first-order chi connectivity index (χ1) is 15.5. The lowest BCUT2D eigenvalue weighted by Gasteiger charge is -2.34. The second-order valence-electron chi connectivity index (χ2n) is 9.08. The lowest BCUT2D eigenvalue weighted by atomic mass is 9.97. The van der Waals surface area contributed by atoms with Gasteiger partial charge < -0.3 is 15.0 Å². The second-order valence-corrected chi connectivity index (χ2v) is 9.08. The van der Waals surface area contributed by atoms with E-state index in [2.05, 4.69) is 35.3 Å². The van der Waals surface area contributed by atoms with Gasteiger partial charge in [0.1, 0.15) is 5.82 Å². The Morgan fingerprint density at radius 2 is 2.00 bits per heavy atom. The van der Waals surface area contributed by atoms with Gasteiger partial charge in [-0.25, -0.2) is 14.8 Å². The van der Waals surface area contributed by atoms with Gasteiger partial charge in [-0.1, -0.05) is 50.2 Å². The van der Waals surface area contributed by atoms with Gasteiger partial charge >= 0.3 is 6.09 Å². The van der Waals surface area contributed by atoms with Crippen LogP contribution in [0.15, 0.2) is 48.5 Å². The minimum absolute atomic E-state index is 0.329. The van der Waals surface area contributed by atoms with Crippen LogP contribution in [0.1, 0.15) is 32.3 Å². The normalized spacial score (nSPS) is 16.4. The molecule has 6 nitrogen and oxygen atoms in total. The molecule has 0 radical (unpaired) electrons. The Morgan fingerprint density at radius 3 is 2.78 bits per heavy atom. The van der Waals surface area contributed by atoms with E-state index in [1.807, 2.05) is 44.2 Å². The first-order valence-electron chi connectivity index (χ1n) is 11.5. The fourth-order valence-corrected chi connectivity index (χ4v) is 4.13. The number of nitrogens with one attached hydrogen (secondary N) is 1. The minimum atomic E-state index is -0.329. The molecule has 3 aromatic rings. The van der Waals surface area contributed by atoms with Gasteiger partial charge in [-0.15, -0.1) is 0 Å². The molecule has 1 fully saturated rings. The van der Waals surface area contributed by atoms with Gasteiger partial charge in [-0.05, 0) is 49.3 Å². The van der Waals surface area contributed by atoms with E-state index >= 15 is 0 Å². The highest BCUT2D eigenvalue weighted by molar-refractivity contribution is 5.91. The number of carbonyl (C=O) groups is 1. The maximum atomic E-state index is 12.0. The Hall–Kier alpha value is -3.15. The van der Waals surface area contributed by atoms with Crippen LogP contribution in [-0.4, -0.2) is 42.3 Å². The SMILES string of the molecule is Cc1ccc2c(N3CCC[C@@H](CNC(=O)OCC(C)C)C3)nc(-c3ccccc3)nc2c1. The number of ether oxygens (including phenoxy) is 1. The average Bonchev–Trinajstić information content (AvgIpc) is 2.81. The number of benzene rings is 2. The monoisotopic (exact) mass is 432 g/mol. The van der Waals surface area contributed by atoms with Crippen molar-refractivity contribution >= 4 is 22.8 Å². The third-order valence-electron chi connectivity index (χ3n) is 5.77. The van der Waals surface area contributed by atoms with Gasteiger partial charge in [-0.3, -0.25) is 0 Å². The van der Waals surface area contributed by atoms with Gasteiger partial charge in [0.2, 0.25) is 0 Å². The minimum Gasteiger partial charge on any atom is -0.449 e. The highest BCUT2D eigenvalue weighted by atomic mass is 16.5. The molecule has 1 saturated heterocycles. The molecule has 32 heavy (non-hydrogen) atoms. The van der Waals surface area contributed by atoms with Crippen LogP contribution in [0.2, 0.25) is 0 Å². The molecule has 1 aliphatic heterocycles. The number of aromatic nitrogens is 2. The first-order valence-corrected chi connectivity index (χ1v) is 11.5. The molecular weight excluding hydrogens is 400 g/mol. The number of piperidine rings is 1. The van der Waals surface area contributed by atoms with Crippen molar-refractivity contribution < 1.29 is 9.53 Å². The number of hydrogen-bond donors (Lipinski definition) is 1. The molecular formula is C26H32N4O2. The molecule has 0 aliphatic carbocycles. The maximum absolute atomic E-state index is 12.0. The van der Waals surface area contributed by atoms with Crippen LogP contribution in [0.5, 0.6) is 0 Å². The highest BCUT2D eigenvalue weighted by Gasteiger charge is 2.24. The van der Waals surface area contributed by atoms with Crippen molar-refractivity contribution in [3.05, 3.63) is 54.1 Å². The smallest absolute Gasteiger partial charge is 0.407 e. The van der Waals surface area contributed by atoms with Crippen LogP contribution >= 0.6 is 0 Å². The molecule has 0 bridgehead atoms. The number of carbonyl (C=O) groups excluding carboxylic acids is 1. The molecule has 1 atom stereocenters. The van der Waals surface area contributed by atoms with Crippen LogP contribution in [0.3, 0.4) is 0 Å². The van der Waals surface area contributed by atoms with Crippen molar-refractivity contribution in [1.29, 1.82) is 0 Å². The predicted octanol–water partition coefficient (Wildman–Crippen LogP) is 5.20. The fraction of sp³-hybridized carbons (Fsp3) is 0.423.